The number of rotatable bonds is 6. The van der Waals surface area contributed by atoms with Crippen molar-refractivity contribution in [1.82, 2.24) is 30.1 Å². The molecule has 0 aromatic carbocycles. The molecule has 0 spiro atoms. The van der Waals surface area contributed by atoms with Crippen molar-refractivity contribution in [2.45, 2.75) is 31.5 Å². The summed E-state index contributed by atoms with van der Waals surface area (Å²) in [5, 5.41) is 12.5. The van der Waals surface area contributed by atoms with Crippen LogP contribution in [0.25, 0.3) is 0 Å². The van der Waals surface area contributed by atoms with Crippen LogP contribution >= 0.6 is 11.8 Å². The number of anilines is 1. The molecule has 1 saturated heterocycles. The largest absolute Gasteiger partial charge is 0.353 e. The van der Waals surface area contributed by atoms with Gasteiger partial charge in [-0.1, -0.05) is 17.8 Å². The third-order valence-electron chi connectivity index (χ3n) is 4.10. The van der Waals surface area contributed by atoms with Gasteiger partial charge < -0.3 is 9.80 Å². The smallest absolute Gasteiger partial charge is 0.223 e. The number of carbonyl (C=O) groups excluding carboxylic acids is 1. The van der Waals surface area contributed by atoms with E-state index in [1.165, 1.54) is 11.8 Å². The normalized spacial score (nSPS) is 15.0. The number of hydrogen-bond donors (Lipinski definition) is 0. The second-order valence-electron chi connectivity index (χ2n) is 6.15. The van der Waals surface area contributed by atoms with Gasteiger partial charge in [-0.2, -0.15) is 0 Å². The zero-order chi connectivity index (χ0) is 17.6. The Kier molecular flexibility index (Phi) is 5.85. The number of hydrogen-bond acceptors (Lipinski definition) is 7. The summed E-state index contributed by atoms with van der Waals surface area (Å²) in [5.74, 6) is 1.86. The second-order valence-corrected chi connectivity index (χ2v) is 7.22. The molecule has 1 aliphatic heterocycles. The van der Waals surface area contributed by atoms with Gasteiger partial charge >= 0.3 is 0 Å². The van der Waals surface area contributed by atoms with Crippen LogP contribution in [0.1, 0.15) is 26.3 Å². The van der Waals surface area contributed by atoms with E-state index in [1.54, 1.807) is 10.9 Å². The lowest BCUT2D eigenvalue weighted by Crippen LogP contribution is -2.49. The highest BCUT2D eigenvalue weighted by Crippen LogP contribution is 2.19. The van der Waals surface area contributed by atoms with Gasteiger partial charge in [0.2, 0.25) is 11.1 Å². The minimum absolute atomic E-state index is 0.191. The van der Waals surface area contributed by atoms with Gasteiger partial charge in [-0.3, -0.25) is 4.79 Å². The van der Waals surface area contributed by atoms with Crippen LogP contribution in [-0.4, -0.2) is 67.9 Å². The zero-order valence-electron chi connectivity index (χ0n) is 14.6. The van der Waals surface area contributed by atoms with Crippen LogP contribution < -0.4 is 4.90 Å². The number of piperazine rings is 1. The molecule has 25 heavy (non-hydrogen) atoms. The number of thioether (sulfide) groups is 1. The summed E-state index contributed by atoms with van der Waals surface area (Å²) >= 11 is 1.53. The lowest BCUT2D eigenvalue weighted by Gasteiger charge is -2.35. The van der Waals surface area contributed by atoms with Crippen LogP contribution in [0.3, 0.4) is 0 Å². The van der Waals surface area contributed by atoms with E-state index in [-0.39, 0.29) is 11.9 Å². The summed E-state index contributed by atoms with van der Waals surface area (Å²) in [6.45, 7) is 7.19. The molecule has 9 heteroatoms. The number of pyridine rings is 1. The summed E-state index contributed by atoms with van der Waals surface area (Å²) < 4.78 is 1.78. The Morgan fingerprint density at radius 1 is 1.24 bits per heavy atom. The molecule has 2 aromatic rings. The van der Waals surface area contributed by atoms with Gasteiger partial charge in [-0.25, -0.2) is 9.67 Å². The summed E-state index contributed by atoms with van der Waals surface area (Å²) in [5.41, 5.74) is 0. The Hall–Kier alpha value is -2.16. The third kappa shape index (κ3) is 4.47. The van der Waals surface area contributed by atoms with Gasteiger partial charge in [0.25, 0.3) is 0 Å². The number of nitrogens with zero attached hydrogens (tertiary/aromatic N) is 7. The molecule has 0 saturated carbocycles. The Morgan fingerprint density at radius 3 is 2.72 bits per heavy atom. The molecule has 1 fully saturated rings. The van der Waals surface area contributed by atoms with Gasteiger partial charge in [0, 0.05) is 44.5 Å². The molecule has 8 nitrogen and oxygen atoms in total. The molecule has 1 amide bonds. The molecule has 0 aliphatic carbocycles. The maximum absolute atomic E-state index is 12.4. The monoisotopic (exact) mass is 361 g/mol. The third-order valence-corrected chi connectivity index (χ3v) is 5.04. The molecule has 0 unspecified atom stereocenters. The van der Waals surface area contributed by atoms with E-state index in [9.17, 15) is 4.79 Å². The number of carbonyl (C=O) groups is 1. The predicted molar refractivity (Wildman–Crippen MR) is 96.6 cm³/mol. The van der Waals surface area contributed by atoms with Crippen LogP contribution in [0.4, 0.5) is 5.82 Å². The average molecular weight is 361 g/mol. The van der Waals surface area contributed by atoms with Gasteiger partial charge in [0.05, 0.1) is 6.04 Å². The van der Waals surface area contributed by atoms with E-state index < -0.39 is 0 Å². The summed E-state index contributed by atoms with van der Waals surface area (Å²) in [4.78, 5) is 20.9. The number of aromatic nitrogens is 5. The van der Waals surface area contributed by atoms with Crippen molar-refractivity contribution in [3.8, 4) is 0 Å². The fourth-order valence-electron chi connectivity index (χ4n) is 2.72. The first-order valence-corrected chi connectivity index (χ1v) is 9.48. The van der Waals surface area contributed by atoms with E-state index in [4.69, 9.17) is 0 Å². The van der Waals surface area contributed by atoms with E-state index in [2.05, 4.69) is 25.4 Å². The Labute approximate surface area is 151 Å². The van der Waals surface area contributed by atoms with E-state index >= 15 is 0 Å². The summed E-state index contributed by atoms with van der Waals surface area (Å²) in [7, 11) is 0. The highest BCUT2D eigenvalue weighted by atomic mass is 32.2. The lowest BCUT2D eigenvalue weighted by atomic mass is 10.3. The highest BCUT2D eigenvalue weighted by Gasteiger charge is 2.21. The molecule has 0 radical (unpaired) electrons. The molecule has 0 N–H and O–H groups in total. The molecule has 0 bridgehead atoms. The Morgan fingerprint density at radius 2 is 2.04 bits per heavy atom. The Bertz CT molecular complexity index is 683. The topological polar surface area (TPSA) is 80.0 Å². The van der Waals surface area contributed by atoms with E-state index in [1.807, 2.05) is 36.9 Å². The standard InChI is InChI=1S/C16H23N7OS/c1-13(2)23-16(18-19-20-23)25-12-6-15(24)22-10-8-21(9-11-22)14-5-3-4-7-17-14/h3-5,7,13H,6,8-12H2,1-2H3. The van der Waals surface area contributed by atoms with Crippen LogP contribution in [0.5, 0.6) is 0 Å². The van der Waals surface area contributed by atoms with Crippen LogP contribution in [0, 0.1) is 0 Å². The van der Waals surface area contributed by atoms with Gasteiger partial charge in [-0.05, 0) is 36.4 Å². The first-order valence-electron chi connectivity index (χ1n) is 8.49. The van der Waals surface area contributed by atoms with Crippen LogP contribution in [0.2, 0.25) is 0 Å². The van der Waals surface area contributed by atoms with E-state index in [0.29, 0.717) is 12.2 Å². The molecule has 2 aromatic heterocycles. The predicted octanol–water partition coefficient (Wildman–Crippen LogP) is 1.48. The van der Waals surface area contributed by atoms with Crippen molar-refractivity contribution in [3.63, 3.8) is 0 Å². The van der Waals surface area contributed by atoms with Crippen molar-refractivity contribution < 1.29 is 4.79 Å². The van der Waals surface area contributed by atoms with Gasteiger partial charge in [-0.15, -0.1) is 5.10 Å². The van der Waals surface area contributed by atoms with Crippen LogP contribution in [-0.2, 0) is 4.79 Å². The zero-order valence-corrected chi connectivity index (χ0v) is 15.4. The van der Waals surface area contributed by atoms with Gasteiger partial charge in [0.15, 0.2) is 0 Å². The molecule has 134 valence electrons. The summed E-state index contributed by atoms with van der Waals surface area (Å²) in [6, 6.07) is 6.12. The van der Waals surface area contributed by atoms with Crippen molar-refractivity contribution in [2.75, 3.05) is 36.8 Å². The summed E-state index contributed by atoms with van der Waals surface area (Å²) in [6.07, 6.45) is 2.30. The number of amides is 1. The average Bonchev–Trinajstić information content (AvgIpc) is 3.11. The number of tetrazole rings is 1. The van der Waals surface area contributed by atoms with Crippen molar-refractivity contribution in [1.29, 1.82) is 0 Å². The Balaban J connectivity index is 1.43. The first kappa shape index (κ1) is 17.7. The van der Waals surface area contributed by atoms with Crippen molar-refractivity contribution in [3.05, 3.63) is 24.4 Å². The second kappa shape index (κ2) is 8.28. The SMILES string of the molecule is CC(C)n1nnnc1SCCC(=O)N1CCN(c2ccccn2)CC1. The van der Waals surface area contributed by atoms with Crippen molar-refractivity contribution >= 4 is 23.5 Å². The minimum atomic E-state index is 0.191. The highest BCUT2D eigenvalue weighted by molar-refractivity contribution is 7.99. The molecule has 3 heterocycles. The van der Waals surface area contributed by atoms with Crippen molar-refractivity contribution in [2.24, 2.45) is 0 Å². The maximum Gasteiger partial charge on any atom is 0.223 e. The molecule has 1 aliphatic rings. The first-order chi connectivity index (χ1) is 12.1. The van der Waals surface area contributed by atoms with Crippen LogP contribution in [0.15, 0.2) is 29.6 Å². The minimum Gasteiger partial charge on any atom is -0.353 e. The molecular weight excluding hydrogens is 338 g/mol. The molecule has 3 rings (SSSR count). The van der Waals surface area contributed by atoms with E-state index in [0.717, 1.165) is 37.2 Å². The quantitative estimate of drug-likeness (QED) is 0.721. The molecule has 0 atom stereocenters. The fraction of sp³-hybridized carbons (Fsp3) is 0.562. The lowest BCUT2D eigenvalue weighted by molar-refractivity contribution is -0.131. The van der Waals surface area contributed by atoms with Gasteiger partial charge in [0.1, 0.15) is 5.82 Å². The fourth-order valence-corrected chi connectivity index (χ4v) is 3.65. The molecular formula is C16H23N7OS. The maximum atomic E-state index is 12.4.